The normalized spacial score (nSPS) is 21.4. The van der Waals surface area contributed by atoms with Crippen molar-refractivity contribution in [2.75, 3.05) is 4.90 Å². The first-order valence-electron chi connectivity index (χ1n) is 17.0. The smallest absolute Gasteiger partial charge is 0.160 e. The number of thiophene rings is 1. The minimum absolute atomic E-state index is 0.0157. The van der Waals surface area contributed by atoms with Gasteiger partial charge in [-0.15, -0.1) is 11.3 Å². The zero-order valence-electron chi connectivity index (χ0n) is 26.7. The van der Waals surface area contributed by atoms with E-state index in [2.05, 4.69) is 134 Å². The van der Waals surface area contributed by atoms with Gasteiger partial charge in [0.15, 0.2) is 5.82 Å². The van der Waals surface area contributed by atoms with E-state index in [0.717, 1.165) is 53.7 Å². The third-order valence-electron chi connectivity index (χ3n) is 11.0. The quantitative estimate of drug-likeness (QED) is 0.200. The molecule has 5 aromatic rings. The van der Waals surface area contributed by atoms with Gasteiger partial charge in [-0.2, -0.15) is 0 Å². The van der Waals surface area contributed by atoms with Crippen LogP contribution >= 0.6 is 11.3 Å². The summed E-state index contributed by atoms with van der Waals surface area (Å²) in [6, 6.07) is 26.7. The van der Waals surface area contributed by atoms with Gasteiger partial charge in [0.25, 0.3) is 0 Å². The lowest BCUT2D eigenvalue weighted by atomic mass is 9.77. The number of hydrogen-bond acceptors (Lipinski definition) is 4. The summed E-state index contributed by atoms with van der Waals surface area (Å²) in [4.78, 5) is 16.0. The molecule has 47 heavy (non-hydrogen) atoms. The van der Waals surface area contributed by atoms with Gasteiger partial charge in [-0.1, -0.05) is 105 Å². The highest BCUT2D eigenvalue weighted by atomic mass is 32.1. The van der Waals surface area contributed by atoms with Crippen LogP contribution in [0.3, 0.4) is 0 Å². The molecule has 5 aliphatic rings. The highest BCUT2D eigenvalue weighted by Gasteiger charge is 2.48. The fourth-order valence-corrected chi connectivity index (χ4v) is 10.4. The summed E-state index contributed by atoms with van der Waals surface area (Å²) in [5.74, 6) is 1.16. The Morgan fingerprint density at radius 2 is 1.74 bits per heavy atom. The van der Waals surface area contributed by atoms with Crippen molar-refractivity contribution in [2.24, 2.45) is 5.92 Å². The second-order valence-corrected chi connectivity index (χ2v) is 15.0. The molecule has 228 valence electrons. The first-order chi connectivity index (χ1) is 23.1. The molecule has 2 unspecified atom stereocenters. The predicted octanol–water partition coefficient (Wildman–Crippen LogP) is 11.2. The van der Waals surface area contributed by atoms with Crippen molar-refractivity contribution >= 4 is 39.6 Å². The lowest BCUT2D eigenvalue weighted by Crippen LogP contribution is -2.27. The number of rotatable bonds is 3. The number of hydrogen-bond donors (Lipinski definition) is 0. The number of aromatic nitrogens is 2. The summed E-state index contributed by atoms with van der Waals surface area (Å²) in [5.41, 5.74) is 14.3. The largest absolute Gasteiger partial charge is 0.332 e. The Kier molecular flexibility index (Phi) is 5.87. The molecule has 0 spiro atoms. The first kappa shape index (κ1) is 27.3. The molecular weight excluding hydrogens is 591 g/mol. The van der Waals surface area contributed by atoms with Crippen molar-refractivity contribution in [3.63, 3.8) is 0 Å². The molecule has 0 N–H and O–H groups in total. The Morgan fingerprint density at radius 3 is 2.66 bits per heavy atom. The Labute approximate surface area is 280 Å². The maximum absolute atomic E-state index is 5.27. The number of allylic oxidation sites excluding steroid dienone is 6. The average Bonchev–Trinajstić information content (AvgIpc) is 3.75. The van der Waals surface area contributed by atoms with Gasteiger partial charge >= 0.3 is 0 Å². The Balaban J connectivity index is 1.13. The van der Waals surface area contributed by atoms with E-state index >= 15 is 0 Å². The Hall–Kier alpha value is -4.80. The molecule has 2 aromatic heterocycles. The zero-order valence-corrected chi connectivity index (χ0v) is 27.5. The third kappa shape index (κ3) is 3.91. The van der Waals surface area contributed by atoms with E-state index in [-0.39, 0.29) is 11.5 Å². The molecule has 4 aliphatic carbocycles. The summed E-state index contributed by atoms with van der Waals surface area (Å²) in [6.45, 7) is 4.81. The van der Waals surface area contributed by atoms with E-state index in [1.165, 1.54) is 49.0 Å². The number of fused-ring (bicyclic) bond motifs is 9. The first-order valence-corrected chi connectivity index (χ1v) is 17.8. The zero-order chi connectivity index (χ0) is 31.3. The second-order valence-electron chi connectivity index (χ2n) is 13.9. The van der Waals surface area contributed by atoms with Crippen molar-refractivity contribution < 1.29 is 0 Å². The minimum atomic E-state index is -0.0157. The predicted molar refractivity (Wildman–Crippen MR) is 196 cm³/mol. The lowest BCUT2D eigenvalue weighted by Gasteiger charge is -2.34. The molecule has 0 saturated carbocycles. The van der Waals surface area contributed by atoms with Crippen LogP contribution in [-0.2, 0) is 5.41 Å². The molecule has 3 nitrogen and oxygen atoms in total. The summed E-state index contributed by atoms with van der Waals surface area (Å²) in [5, 5.41) is 1.12. The van der Waals surface area contributed by atoms with E-state index in [1.54, 1.807) is 5.57 Å². The molecule has 3 aromatic carbocycles. The number of benzene rings is 3. The summed E-state index contributed by atoms with van der Waals surface area (Å²) < 4.78 is 0. The molecule has 3 heterocycles. The van der Waals surface area contributed by atoms with Gasteiger partial charge in [0.2, 0.25) is 0 Å². The average molecular weight is 626 g/mol. The van der Waals surface area contributed by atoms with Crippen LogP contribution in [0.15, 0.2) is 121 Å². The van der Waals surface area contributed by atoms with Crippen LogP contribution in [0.2, 0.25) is 0 Å². The van der Waals surface area contributed by atoms with Crippen molar-refractivity contribution in [3.05, 3.63) is 148 Å². The van der Waals surface area contributed by atoms with Crippen LogP contribution < -0.4 is 4.90 Å². The number of nitrogens with zero attached hydrogens (tertiary/aromatic N) is 3. The fraction of sp³-hybridized carbons (Fsp3) is 0.209. The Bertz CT molecular complexity index is 2310. The van der Waals surface area contributed by atoms with Gasteiger partial charge in [0.1, 0.15) is 0 Å². The van der Waals surface area contributed by atoms with E-state index < -0.39 is 0 Å². The van der Waals surface area contributed by atoms with Crippen molar-refractivity contribution in [3.8, 4) is 21.8 Å². The Morgan fingerprint density at radius 1 is 0.872 bits per heavy atom. The third-order valence-corrected chi connectivity index (χ3v) is 12.3. The SMILES string of the molecule is CC1(C)c2ccccc2-c2sc3c(c21)C=CC1C2=C(C=CCC2)N(c2cccc(-c4nc(C5=CC=CCC5)c5ccccc5n4)c2)C31. The van der Waals surface area contributed by atoms with E-state index in [9.17, 15) is 0 Å². The lowest BCUT2D eigenvalue weighted by molar-refractivity contribution is 0.600. The summed E-state index contributed by atoms with van der Waals surface area (Å²) in [6.07, 6.45) is 20.6. The fourth-order valence-electron chi connectivity index (χ4n) is 8.81. The van der Waals surface area contributed by atoms with Gasteiger partial charge in [-0.05, 0) is 83.4 Å². The van der Waals surface area contributed by atoms with Crippen LogP contribution in [-0.4, -0.2) is 9.97 Å². The van der Waals surface area contributed by atoms with Crippen molar-refractivity contribution in [1.29, 1.82) is 0 Å². The second kappa shape index (κ2) is 10.1. The topological polar surface area (TPSA) is 29.0 Å². The molecule has 1 aliphatic heterocycles. The number of anilines is 1. The van der Waals surface area contributed by atoms with E-state index in [0.29, 0.717) is 5.92 Å². The van der Waals surface area contributed by atoms with Crippen molar-refractivity contribution in [1.82, 2.24) is 9.97 Å². The molecule has 10 rings (SSSR count). The molecule has 0 fully saturated rings. The standard InChI is InChI=1S/C43H35N3S/c1-43(2)34-20-9-6-18-31(34)40-37(43)33-24-23-30-29-17-8-11-22-36(29)46(39(30)41(33)47-40)28-16-12-15-27(25-28)42-44-35-21-10-7-19-32(35)38(45-42)26-13-4-3-5-14-26/h3-4,6-7,9-13,15-16,18-25,30,39H,5,8,14,17H2,1-2H3. The van der Waals surface area contributed by atoms with Crippen LogP contribution in [0.4, 0.5) is 5.69 Å². The molecule has 2 atom stereocenters. The summed E-state index contributed by atoms with van der Waals surface area (Å²) >= 11 is 2.03. The van der Waals surface area contributed by atoms with Gasteiger partial charge in [-0.25, -0.2) is 9.97 Å². The summed E-state index contributed by atoms with van der Waals surface area (Å²) in [7, 11) is 0. The molecule has 0 saturated heterocycles. The maximum atomic E-state index is 5.27. The van der Waals surface area contributed by atoms with Crippen LogP contribution in [0, 0.1) is 5.92 Å². The highest BCUT2D eigenvalue weighted by molar-refractivity contribution is 7.16. The van der Waals surface area contributed by atoms with Crippen LogP contribution in [0.5, 0.6) is 0 Å². The van der Waals surface area contributed by atoms with Gasteiger partial charge in [0.05, 0.1) is 17.3 Å². The van der Waals surface area contributed by atoms with Crippen molar-refractivity contribution in [2.45, 2.75) is 51.0 Å². The molecule has 0 amide bonds. The molecule has 0 bridgehead atoms. The molecule has 0 radical (unpaired) electrons. The van der Waals surface area contributed by atoms with Gasteiger partial charge in [-0.3, -0.25) is 0 Å². The highest BCUT2D eigenvalue weighted by Crippen LogP contribution is 2.61. The van der Waals surface area contributed by atoms with Crippen LogP contribution in [0.25, 0.3) is 44.4 Å². The van der Waals surface area contributed by atoms with Crippen LogP contribution in [0.1, 0.15) is 72.8 Å². The van der Waals surface area contributed by atoms with Gasteiger partial charge in [0, 0.05) is 43.4 Å². The van der Waals surface area contributed by atoms with E-state index in [4.69, 9.17) is 9.97 Å². The molecular formula is C43H35N3S. The monoisotopic (exact) mass is 625 g/mol. The van der Waals surface area contributed by atoms with E-state index in [1.807, 2.05) is 11.3 Å². The maximum Gasteiger partial charge on any atom is 0.160 e. The van der Waals surface area contributed by atoms with Gasteiger partial charge < -0.3 is 4.90 Å². The molecule has 4 heteroatoms. The minimum Gasteiger partial charge on any atom is -0.332 e. The number of para-hydroxylation sites is 1.